The molecule has 0 saturated heterocycles. The van der Waals surface area contributed by atoms with Gasteiger partial charge in [0.25, 0.3) is 0 Å². The van der Waals surface area contributed by atoms with E-state index in [4.69, 9.17) is 9.47 Å². The number of carbonyl (C=O) groups excluding carboxylic acids is 1. The second-order valence-corrected chi connectivity index (χ2v) is 4.54. The maximum Gasteiger partial charge on any atom is 0.203 e. The second kappa shape index (κ2) is 4.76. The van der Waals surface area contributed by atoms with Crippen molar-refractivity contribution in [1.82, 2.24) is 0 Å². The van der Waals surface area contributed by atoms with Gasteiger partial charge in [-0.1, -0.05) is 30.3 Å². The van der Waals surface area contributed by atoms with E-state index < -0.39 is 0 Å². The van der Waals surface area contributed by atoms with Gasteiger partial charge in [0, 0.05) is 6.07 Å². The number of hydrogen-bond donors (Lipinski definition) is 0. The molecule has 0 aromatic heterocycles. The van der Waals surface area contributed by atoms with Crippen molar-refractivity contribution in [3.05, 3.63) is 59.7 Å². The Morgan fingerprint density at radius 2 is 1.95 bits per heavy atom. The molecule has 0 saturated carbocycles. The first kappa shape index (κ1) is 11.8. The fourth-order valence-corrected chi connectivity index (χ4v) is 2.14. The van der Waals surface area contributed by atoms with Gasteiger partial charge < -0.3 is 9.47 Å². The molecule has 0 spiro atoms. The molecule has 0 bridgehead atoms. The number of fused-ring (bicyclic) bond motifs is 1. The average Bonchev–Trinajstić information content (AvgIpc) is 2.81. The highest BCUT2D eigenvalue weighted by Crippen LogP contribution is 2.31. The standard InChI is InChI=1S/C16H14O3/c1-11(12-5-3-2-4-6-12)19-13-7-8-14-15(17)10-18-16(14)9-13/h2-9,11H,10H2,1H3. The van der Waals surface area contributed by atoms with E-state index in [1.54, 1.807) is 12.1 Å². The van der Waals surface area contributed by atoms with Crippen LogP contribution in [0.4, 0.5) is 0 Å². The van der Waals surface area contributed by atoms with E-state index in [2.05, 4.69) is 0 Å². The molecule has 0 fully saturated rings. The van der Waals surface area contributed by atoms with E-state index >= 15 is 0 Å². The van der Waals surface area contributed by atoms with Gasteiger partial charge in [0.1, 0.15) is 17.6 Å². The third-order valence-electron chi connectivity index (χ3n) is 3.19. The summed E-state index contributed by atoms with van der Waals surface area (Å²) in [6.07, 6.45) is -0.0450. The number of hydrogen-bond acceptors (Lipinski definition) is 3. The van der Waals surface area contributed by atoms with Crippen LogP contribution < -0.4 is 9.47 Å². The molecule has 2 aromatic carbocycles. The summed E-state index contributed by atoms with van der Waals surface area (Å²) in [5, 5.41) is 0. The predicted molar refractivity (Wildman–Crippen MR) is 71.8 cm³/mol. The van der Waals surface area contributed by atoms with Gasteiger partial charge in [0.15, 0.2) is 6.61 Å². The first-order valence-corrected chi connectivity index (χ1v) is 6.26. The maximum absolute atomic E-state index is 11.5. The van der Waals surface area contributed by atoms with Gasteiger partial charge in [-0.3, -0.25) is 4.79 Å². The lowest BCUT2D eigenvalue weighted by atomic mass is 10.1. The van der Waals surface area contributed by atoms with Crippen molar-refractivity contribution in [3.8, 4) is 11.5 Å². The molecule has 3 nitrogen and oxygen atoms in total. The summed E-state index contributed by atoms with van der Waals surface area (Å²) >= 11 is 0. The Balaban J connectivity index is 1.79. The molecule has 3 heteroatoms. The SMILES string of the molecule is CC(Oc1ccc2c(c1)OCC2=O)c1ccccc1. The molecular weight excluding hydrogens is 240 g/mol. The molecule has 0 radical (unpaired) electrons. The smallest absolute Gasteiger partial charge is 0.203 e. The van der Waals surface area contributed by atoms with Gasteiger partial charge in [-0.05, 0) is 24.6 Å². The summed E-state index contributed by atoms with van der Waals surface area (Å²) in [5.74, 6) is 1.35. The highest BCUT2D eigenvalue weighted by molar-refractivity contribution is 6.02. The predicted octanol–water partition coefficient (Wildman–Crippen LogP) is 3.40. The largest absolute Gasteiger partial charge is 0.486 e. The van der Waals surface area contributed by atoms with Crippen LogP contribution in [0.1, 0.15) is 28.9 Å². The molecule has 1 aliphatic heterocycles. The zero-order valence-corrected chi connectivity index (χ0v) is 10.6. The Labute approximate surface area is 111 Å². The van der Waals surface area contributed by atoms with E-state index in [1.165, 1.54) is 0 Å². The molecular formula is C16H14O3. The van der Waals surface area contributed by atoms with Crippen LogP contribution >= 0.6 is 0 Å². The molecule has 3 rings (SSSR count). The average molecular weight is 254 g/mol. The van der Waals surface area contributed by atoms with Crippen molar-refractivity contribution in [2.24, 2.45) is 0 Å². The van der Waals surface area contributed by atoms with Crippen LogP contribution in [0.5, 0.6) is 11.5 Å². The third-order valence-corrected chi connectivity index (χ3v) is 3.19. The fourth-order valence-electron chi connectivity index (χ4n) is 2.14. The topological polar surface area (TPSA) is 35.5 Å². The molecule has 1 atom stereocenters. The first-order chi connectivity index (χ1) is 9.24. The summed E-state index contributed by atoms with van der Waals surface area (Å²) in [5.41, 5.74) is 1.75. The summed E-state index contributed by atoms with van der Waals surface area (Å²) in [4.78, 5) is 11.5. The van der Waals surface area contributed by atoms with Crippen LogP contribution in [0.25, 0.3) is 0 Å². The van der Waals surface area contributed by atoms with Gasteiger partial charge >= 0.3 is 0 Å². The molecule has 2 aromatic rings. The van der Waals surface area contributed by atoms with E-state index in [-0.39, 0.29) is 18.5 Å². The van der Waals surface area contributed by atoms with Crippen molar-refractivity contribution in [2.75, 3.05) is 6.61 Å². The van der Waals surface area contributed by atoms with E-state index in [1.807, 2.05) is 43.3 Å². The molecule has 19 heavy (non-hydrogen) atoms. The molecule has 0 N–H and O–H groups in total. The van der Waals surface area contributed by atoms with Crippen LogP contribution in [0.2, 0.25) is 0 Å². The number of rotatable bonds is 3. The zero-order valence-electron chi connectivity index (χ0n) is 10.6. The van der Waals surface area contributed by atoms with Crippen molar-refractivity contribution >= 4 is 5.78 Å². The van der Waals surface area contributed by atoms with Crippen molar-refractivity contribution in [2.45, 2.75) is 13.0 Å². The van der Waals surface area contributed by atoms with Crippen molar-refractivity contribution in [1.29, 1.82) is 0 Å². The van der Waals surface area contributed by atoms with E-state index in [0.717, 1.165) is 5.56 Å². The Kier molecular flexibility index (Phi) is 2.95. The second-order valence-electron chi connectivity index (χ2n) is 4.54. The van der Waals surface area contributed by atoms with Crippen molar-refractivity contribution in [3.63, 3.8) is 0 Å². The lowest BCUT2D eigenvalue weighted by molar-refractivity contribution is 0.0961. The van der Waals surface area contributed by atoms with Crippen LogP contribution in [0, 0.1) is 0 Å². The minimum Gasteiger partial charge on any atom is -0.486 e. The number of benzene rings is 2. The number of ketones is 1. The quantitative estimate of drug-likeness (QED) is 0.842. The van der Waals surface area contributed by atoms with Crippen LogP contribution in [-0.2, 0) is 0 Å². The van der Waals surface area contributed by atoms with E-state index in [0.29, 0.717) is 17.1 Å². The first-order valence-electron chi connectivity index (χ1n) is 6.26. The number of Topliss-reactive ketones (excluding diaryl/α,β-unsaturated/α-hetero) is 1. The minimum absolute atomic E-state index is 0.0256. The number of ether oxygens (including phenoxy) is 2. The normalized spacial score (nSPS) is 14.7. The lowest BCUT2D eigenvalue weighted by Crippen LogP contribution is -2.02. The van der Waals surface area contributed by atoms with Gasteiger partial charge in [-0.15, -0.1) is 0 Å². The molecule has 0 aliphatic carbocycles. The highest BCUT2D eigenvalue weighted by atomic mass is 16.5. The van der Waals surface area contributed by atoms with Gasteiger partial charge in [-0.2, -0.15) is 0 Å². The molecule has 1 heterocycles. The summed E-state index contributed by atoms with van der Waals surface area (Å²) in [6, 6.07) is 15.3. The Morgan fingerprint density at radius 1 is 1.16 bits per heavy atom. The Hall–Kier alpha value is -2.29. The molecule has 1 unspecified atom stereocenters. The van der Waals surface area contributed by atoms with Crippen LogP contribution in [0.3, 0.4) is 0 Å². The fraction of sp³-hybridized carbons (Fsp3) is 0.188. The van der Waals surface area contributed by atoms with E-state index in [9.17, 15) is 4.79 Å². The molecule has 0 amide bonds. The third kappa shape index (κ3) is 2.32. The van der Waals surface area contributed by atoms with Gasteiger partial charge in [0.05, 0.1) is 5.56 Å². The number of carbonyl (C=O) groups is 1. The zero-order chi connectivity index (χ0) is 13.2. The van der Waals surface area contributed by atoms with Crippen molar-refractivity contribution < 1.29 is 14.3 Å². The van der Waals surface area contributed by atoms with Gasteiger partial charge in [0.2, 0.25) is 5.78 Å². The van der Waals surface area contributed by atoms with Crippen LogP contribution in [-0.4, -0.2) is 12.4 Å². The highest BCUT2D eigenvalue weighted by Gasteiger charge is 2.21. The molecule has 96 valence electrons. The summed E-state index contributed by atoms with van der Waals surface area (Å²) < 4.78 is 11.2. The Bertz CT molecular complexity index is 605. The minimum atomic E-state index is -0.0450. The Morgan fingerprint density at radius 3 is 2.74 bits per heavy atom. The molecule has 1 aliphatic rings. The van der Waals surface area contributed by atoms with Crippen LogP contribution in [0.15, 0.2) is 48.5 Å². The maximum atomic E-state index is 11.5. The van der Waals surface area contributed by atoms with Gasteiger partial charge in [-0.25, -0.2) is 0 Å². The monoisotopic (exact) mass is 254 g/mol. The summed E-state index contributed by atoms with van der Waals surface area (Å²) in [6.45, 7) is 2.13. The lowest BCUT2D eigenvalue weighted by Gasteiger charge is -2.15. The summed E-state index contributed by atoms with van der Waals surface area (Å²) in [7, 11) is 0.